The van der Waals surface area contributed by atoms with Crippen LogP contribution in [0.25, 0.3) is 0 Å². The van der Waals surface area contributed by atoms with Crippen LogP contribution in [0.1, 0.15) is 35.7 Å². The SMILES string of the molecule is CC[C@@H](C(=O)NC)N(Cc1ccc(Cl)cc1Cl)C(=O)CCN1C(=O)c2ccccc2S1(=O)=O. The average Bonchev–Trinajstić information content (AvgIpc) is 2.98. The van der Waals surface area contributed by atoms with Crippen LogP contribution in [0.5, 0.6) is 0 Å². The number of nitrogens with one attached hydrogen (secondary N) is 1. The van der Waals surface area contributed by atoms with Gasteiger partial charge in [0, 0.05) is 36.6 Å². The van der Waals surface area contributed by atoms with Crippen LogP contribution in [0.2, 0.25) is 10.0 Å². The molecule has 1 atom stereocenters. The van der Waals surface area contributed by atoms with E-state index in [0.29, 0.717) is 26.3 Å². The van der Waals surface area contributed by atoms with Gasteiger partial charge in [0.15, 0.2) is 0 Å². The molecule has 176 valence electrons. The first-order valence-electron chi connectivity index (χ1n) is 10.2. The maximum atomic E-state index is 13.2. The molecule has 0 spiro atoms. The summed E-state index contributed by atoms with van der Waals surface area (Å²) in [5.41, 5.74) is 0.653. The number of hydrogen-bond donors (Lipinski definition) is 1. The van der Waals surface area contributed by atoms with Crippen molar-refractivity contribution in [2.45, 2.75) is 37.2 Å². The molecular weight excluding hydrogens is 489 g/mol. The Morgan fingerprint density at radius 1 is 1.15 bits per heavy atom. The van der Waals surface area contributed by atoms with Gasteiger partial charge in [0.25, 0.3) is 15.9 Å². The van der Waals surface area contributed by atoms with Gasteiger partial charge in [-0.15, -0.1) is 0 Å². The molecule has 1 aliphatic heterocycles. The van der Waals surface area contributed by atoms with E-state index in [1.807, 2.05) is 0 Å². The van der Waals surface area contributed by atoms with Crippen LogP contribution in [0.3, 0.4) is 0 Å². The number of amides is 3. The molecule has 8 nitrogen and oxygen atoms in total. The molecule has 0 radical (unpaired) electrons. The number of halogens is 2. The van der Waals surface area contributed by atoms with Crippen molar-refractivity contribution in [2.24, 2.45) is 0 Å². The Bertz CT molecular complexity index is 1200. The minimum absolute atomic E-state index is 0.0156. The molecule has 0 bridgehead atoms. The van der Waals surface area contributed by atoms with Crippen molar-refractivity contribution >= 4 is 50.9 Å². The smallest absolute Gasteiger partial charge is 0.269 e. The van der Waals surface area contributed by atoms with Crippen molar-refractivity contribution < 1.29 is 22.8 Å². The number of hydrogen-bond acceptors (Lipinski definition) is 5. The quantitative estimate of drug-likeness (QED) is 0.586. The van der Waals surface area contributed by atoms with Crippen LogP contribution < -0.4 is 5.32 Å². The Kier molecular flexibility index (Phi) is 7.66. The molecule has 0 aliphatic carbocycles. The molecule has 11 heteroatoms. The monoisotopic (exact) mass is 511 g/mol. The highest BCUT2D eigenvalue weighted by molar-refractivity contribution is 7.90. The van der Waals surface area contributed by atoms with E-state index in [0.717, 1.165) is 0 Å². The van der Waals surface area contributed by atoms with Gasteiger partial charge in [-0.3, -0.25) is 14.4 Å². The maximum absolute atomic E-state index is 13.2. The lowest BCUT2D eigenvalue weighted by Gasteiger charge is -2.31. The molecule has 2 aromatic rings. The lowest BCUT2D eigenvalue weighted by molar-refractivity contribution is -0.141. The van der Waals surface area contributed by atoms with E-state index in [4.69, 9.17) is 23.2 Å². The molecule has 0 unspecified atom stereocenters. The van der Waals surface area contributed by atoms with Gasteiger partial charge in [-0.2, -0.15) is 0 Å². The third-order valence-electron chi connectivity index (χ3n) is 5.43. The molecule has 2 aromatic carbocycles. The zero-order valence-electron chi connectivity index (χ0n) is 18.0. The van der Waals surface area contributed by atoms with Crippen LogP contribution in [-0.2, 0) is 26.2 Å². The number of nitrogens with zero attached hydrogens (tertiary/aromatic N) is 2. The van der Waals surface area contributed by atoms with Crippen molar-refractivity contribution in [1.29, 1.82) is 0 Å². The summed E-state index contributed by atoms with van der Waals surface area (Å²) in [6.07, 6.45) is 0.0284. The summed E-state index contributed by atoms with van der Waals surface area (Å²) in [6.45, 7) is 1.43. The highest BCUT2D eigenvalue weighted by atomic mass is 35.5. The van der Waals surface area contributed by atoms with Gasteiger partial charge in [0.05, 0.1) is 5.56 Å². The fourth-order valence-corrected chi connectivity index (χ4v) is 5.75. The van der Waals surface area contributed by atoms with Crippen LogP contribution in [0, 0.1) is 0 Å². The predicted octanol–water partition coefficient (Wildman–Crippen LogP) is 3.08. The van der Waals surface area contributed by atoms with E-state index >= 15 is 0 Å². The van der Waals surface area contributed by atoms with Crippen LogP contribution >= 0.6 is 23.2 Å². The first-order valence-corrected chi connectivity index (χ1v) is 12.4. The van der Waals surface area contributed by atoms with E-state index in [1.165, 1.54) is 36.2 Å². The van der Waals surface area contributed by atoms with Crippen molar-refractivity contribution in [1.82, 2.24) is 14.5 Å². The van der Waals surface area contributed by atoms with E-state index in [1.54, 1.807) is 25.1 Å². The van der Waals surface area contributed by atoms with Gasteiger partial charge in [0.2, 0.25) is 11.8 Å². The van der Waals surface area contributed by atoms with E-state index in [-0.39, 0.29) is 35.9 Å². The first kappa shape index (κ1) is 25.0. The number of carbonyl (C=O) groups excluding carboxylic acids is 3. The molecule has 3 amide bonds. The van der Waals surface area contributed by atoms with Crippen LogP contribution in [0.4, 0.5) is 0 Å². The summed E-state index contributed by atoms with van der Waals surface area (Å²) in [5.74, 6) is -1.53. The van der Waals surface area contributed by atoms with E-state index < -0.39 is 27.9 Å². The summed E-state index contributed by atoms with van der Waals surface area (Å²) in [5, 5.41) is 3.30. The Balaban J connectivity index is 1.84. The summed E-state index contributed by atoms with van der Waals surface area (Å²) in [4.78, 5) is 39.6. The van der Waals surface area contributed by atoms with Gasteiger partial charge in [0.1, 0.15) is 10.9 Å². The van der Waals surface area contributed by atoms with Crippen LogP contribution in [-0.4, -0.2) is 55.0 Å². The molecular formula is C22H23Cl2N3O5S. The lowest BCUT2D eigenvalue weighted by atomic mass is 10.1. The summed E-state index contributed by atoms with van der Waals surface area (Å²) < 4.78 is 26.2. The zero-order chi connectivity index (χ0) is 24.3. The van der Waals surface area contributed by atoms with E-state index in [9.17, 15) is 22.8 Å². The number of carbonyl (C=O) groups is 3. The number of sulfonamides is 1. The average molecular weight is 512 g/mol. The van der Waals surface area contributed by atoms with Crippen molar-refractivity contribution in [3.8, 4) is 0 Å². The topological polar surface area (TPSA) is 104 Å². The Morgan fingerprint density at radius 3 is 2.45 bits per heavy atom. The maximum Gasteiger partial charge on any atom is 0.269 e. The highest BCUT2D eigenvalue weighted by Gasteiger charge is 2.41. The molecule has 0 saturated carbocycles. The number of fused-ring (bicyclic) bond motifs is 1. The van der Waals surface area contributed by atoms with Gasteiger partial charge < -0.3 is 10.2 Å². The molecule has 1 aliphatic rings. The fourth-order valence-electron chi connectivity index (χ4n) is 3.71. The lowest BCUT2D eigenvalue weighted by Crippen LogP contribution is -2.49. The molecule has 0 aromatic heterocycles. The highest BCUT2D eigenvalue weighted by Crippen LogP contribution is 2.30. The zero-order valence-corrected chi connectivity index (χ0v) is 20.4. The first-order chi connectivity index (χ1) is 15.6. The van der Waals surface area contributed by atoms with Crippen molar-refractivity contribution in [3.63, 3.8) is 0 Å². The number of benzene rings is 2. The second-order valence-corrected chi connectivity index (χ2v) is 10.1. The number of rotatable bonds is 8. The van der Waals surface area contributed by atoms with Gasteiger partial charge in [-0.05, 0) is 36.2 Å². The summed E-state index contributed by atoms with van der Waals surface area (Å²) in [6, 6.07) is 9.92. The summed E-state index contributed by atoms with van der Waals surface area (Å²) >= 11 is 12.2. The molecule has 1 N–H and O–H groups in total. The van der Waals surface area contributed by atoms with Crippen molar-refractivity contribution in [3.05, 3.63) is 63.6 Å². The third kappa shape index (κ3) is 5.00. The Labute approximate surface area is 202 Å². The van der Waals surface area contributed by atoms with Crippen LogP contribution in [0.15, 0.2) is 47.4 Å². The number of likely N-dealkylation sites (N-methyl/N-ethyl adjacent to an activating group) is 1. The standard InChI is InChI=1S/C22H23Cl2N3O5S/c1-3-18(21(29)25-2)26(13-14-8-9-15(23)12-17(14)24)20(28)10-11-27-22(30)16-6-4-5-7-19(16)33(27,31)32/h4-9,12,18H,3,10-11,13H2,1-2H3,(H,25,29)/t18-/m0/s1. The minimum atomic E-state index is -4.04. The van der Waals surface area contributed by atoms with Gasteiger partial charge in [-0.1, -0.05) is 48.3 Å². The second-order valence-electron chi connectivity index (χ2n) is 7.42. The Morgan fingerprint density at radius 2 is 1.85 bits per heavy atom. The summed E-state index contributed by atoms with van der Waals surface area (Å²) in [7, 11) is -2.57. The predicted molar refractivity (Wildman–Crippen MR) is 124 cm³/mol. The van der Waals surface area contributed by atoms with E-state index in [2.05, 4.69) is 5.32 Å². The normalized spacial score (nSPS) is 15.2. The van der Waals surface area contributed by atoms with Gasteiger partial charge >= 0.3 is 0 Å². The Hall–Kier alpha value is -2.62. The minimum Gasteiger partial charge on any atom is -0.357 e. The largest absolute Gasteiger partial charge is 0.357 e. The third-order valence-corrected chi connectivity index (χ3v) is 7.86. The fraction of sp³-hybridized carbons (Fsp3) is 0.318. The molecule has 0 saturated heterocycles. The molecule has 1 heterocycles. The van der Waals surface area contributed by atoms with Gasteiger partial charge in [-0.25, -0.2) is 12.7 Å². The molecule has 3 rings (SSSR count). The molecule has 0 fully saturated rings. The molecule has 33 heavy (non-hydrogen) atoms. The van der Waals surface area contributed by atoms with Crippen molar-refractivity contribution in [2.75, 3.05) is 13.6 Å². The second kappa shape index (κ2) is 10.1.